The molecule has 2 aromatic heterocycles. The highest BCUT2D eigenvalue weighted by atomic mass is 79.9. The number of hydrogen-bond acceptors (Lipinski definition) is 3. The predicted molar refractivity (Wildman–Crippen MR) is 163 cm³/mol. The van der Waals surface area contributed by atoms with Gasteiger partial charge in [0.25, 0.3) is 5.91 Å². The Morgan fingerprint density at radius 2 is 1.95 bits per heavy atom. The molecule has 1 saturated heterocycles. The maximum Gasteiger partial charge on any atom is 0.317 e. The number of amides is 3. The van der Waals surface area contributed by atoms with Crippen molar-refractivity contribution in [3.05, 3.63) is 93.2 Å². The number of nitrogens with one attached hydrogen (secondary N) is 2. The third-order valence-corrected chi connectivity index (χ3v) is 8.03. The number of urea groups is 1. The topological polar surface area (TPSA) is 78.7 Å². The highest BCUT2D eigenvalue weighted by Crippen LogP contribution is 2.25. The summed E-state index contributed by atoms with van der Waals surface area (Å²) < 4.78 is 2.93. The summed E-state index contributed by atoms with van der Waals surface area (Å²) in [7, 11) is 0. The standard InChI is InChI=1S/C31H33BrClN5O2/c1-20(2)15-23-10-11-24(17-27(23)33)30(39)35-25(18-38-14-4-12-34-31(38)40)16-21-6-8-22(9-7-21)28-19-37-13-3-5-26(32)29(37)36-28/h3,5-11,13,17,19-20,25H,4,12,14-16,18H2,1-2H3,(H,34,40)(H,35,39)/t25-/m0/s1. The lowest BCUT2D eigenvalue weighted by Gasteiger charge is -2.31. The lowest BCUT2D eigenvalue weighted by molar-refractivity contribution is 0.0924. The molecule has 0 bridgehead atoms. The minimum Gasteiger partial charge on any atom is -0.347 e. The molecule has 0 spiro atoms. The summed E-state index contributed by atoms with van der Waals surface area (Å²) >= 11 is 10.1. The van der Waals surface area contributed by atoms with Gasteiger partial charge in [-0.2, -0.15) is 0 Å². The number of benzene rings is 2. The molecule has 0 unspecified atom stereocenters. The molecule has 7 nitrogen and oxygen atoms in total. The fraction of sp³-hybridized carbons (Fsp3) is 0.323. The summed E-state index contributed by atoms with van der Waals surface area (Å²) in [5.74, 6) is 0.269. The van der Waals surface area contributed by atoms with Crippen LogP contribution in [-0.4, -0.2) is 51.9 Å². The first-order valence-corrected chi connectivity index (χ1v) is 14.8. The Labute approximate surface area is 248 Å². The van der Waals surface area contributed by atoms with Gasteiger partial charge in [-0.15, -0.1) is 0 Å². The summed E-state index contributed by atoms with van der Waals surface area (Å²) in [6, 6.07) is 17.3. The molecule has 1 aliphatic heterocycles. The van der Waals surface area contributed by atoms with Gasteiger partial charge in [0.15, 0.2) is 5.65 Å². The second-order valence-electron chi connectivity index (χ2n) is 10.7. The summed E-state index contributed by atoms with van der Waals surface area (Å²) in [4.78, 5) is 32.3. The van der Waals surface area contributed by atoms with Gasteiger partial charge in [-0.05, 0) is 76.5 Å². The van der Waals surface area contributed by atoms with Crippen molar-refractivity contribution in [2.24, 2.45) is 5.92 Å². The minimum absolute atomic E-state index is 0.0973. The molecule has 1 fully saturated rings. The number of carbonyl (C=O) groups is 2. The Balaban J connectivity index is 1.33. The Morgan fingerprint density at radius 1 is 1.15 bits per heavy atom. The molecule has 2 N–H and O–H groups in total. The number of pyridine rings is 1. The Bertz CT molecular complexity index is 1520. The Hall–Kier alpha value is -3.36. The van der Waals surface area contributed by atoms with Crippen molar-refractivity contribution >= 4 is 45.1 Å². The van der Waals surface area contributed by atoms with E-state index in [9.17, 15) is 9.59 Å². The summed E-state index contributed by atoms with van der Waals surface area (Å²) in [6.45, 7) is 6.03. The lowest BCUT2D eigenvalue weighted by atomic mass is 10.0. The molecule has 3 heterocycles. The lowest BCUT2D eigenvalue weighted by Crippen LogP contribution is -2.52. The molecule has 9 heteroatoms. The van der Waals surface area contributed by atoms with E-state index in [2.05, 4.69) is 52.5 Å². The number of aromatic nitrogens is 2. The monoisotopic (exact) mass is 621 g/mol. The normalized spacial score (nSPS) is 14.4. The van der Waals surface area contributed by atoms with E-state index in [1.54, 1.807) is 11.0 Å². The van der Waals surface area contributed by atoms with Gasteiger partial charge in [-0.25, -0.2) is 9.78 Å². The minimum atomic E-state index is -0.275. The highest BCUT2D eigenvalue weighted by Gasteiger charge is 2.24. The Morgan fingerprint density at radius 3 is 2.65 bits per heavy atom. The number of halogens is 2. The second-order valence-corrected chi connectivity index (χ2v) is 12.0. The van der Waals surface area contributed by atoms with E-state index in [0.29, 0.717) is 42.6 Å². The zero-order valence-electron chi connectivity index (χ0n) is 22.7. The maximum atomic E-state index is 13.3. The molecule has 5 rings (SSSR count). The molecule has 2 aromatic carbocycles. The van der Waals surface area contributed by atoms with E-state index in [4.69, 9.17) is 16.6 Å². The van der Waals surface area contributed by atoms with Crippen LogP contribution in [0.3, 0.4) is 0 Å². The maximum absolute atomic E-state index is 13.3. The average molecular weight is 623 g/mol. The molecule has 0 radical (unpaired) electrons. The molecule has 208 valence electrons. The fourth-order valence-corrected chi connectivity index (χ4v) is 5.76. The van der Waals surface area contributed by atoms with Gasteiger partial charge >= 0.3 is 6.03 Å². The van der Waals surface area contributed by atoms with Crippen molar-refractivity contribution in [3.8, 4) is 11.3 Å². The zero-order valence-corrected chi connectivity index (χ0v) is 25.0. The molecule has 1 atom stereocenters. The van der Waals surface area contributed by atoms with Crippen molar-refractivity contribution in [1.82, 2.24) is 24.9 Å². The van der Waals surface area contributed by atoms with Crippen molar-refractivity contribution in [2.75, 3.05) is 19.6 Å². The fourth-order valence-electron chi connectivity index (χ4n) is 5.06. The molecule has 0 aliphatic carbocycles. The van der Waals surface area contributed by atoms with Gasteiger partial charge in [0.05, 0.1) is 16.2 Å². The van der Waals surface area contributed by atoms with Gasteiger partial charge in [0.2, 0.25) is 0 Å². The van der Waals surface area contributed by atoms with Gasteiger partial charge < -0.3 is 19.9 Å². The summed E-state index contributed by atoms with van der Waals surface area (Å²) in [5.41, 5.74) is 5.35. The molecular weight excluding hydrogens is 590 g/mol. The van der Waals surface area contributed by atoms with Crippen LogP contribution >= 0.6 is 27.5 Å². The summed E-state index contributed by atoms with van der Waals surface area (Å²) in [6.07, 6.45) is 6.29. The number of hydrogen-bond donors (Lipinski definition) is 2. The average Bonchev–Trinajstić information content (AvgIpc) is 3.37. The molecular formula is C31H33BrClN5O2. The van der Waals surface area contributed by atoms with Crippen LogP contribution in [-0.2, 0) is 12.8 Å². The van der Waals surface area contributed by atoms with Crippen LogP contribution in [0.4, 0.5) is 4.79 Å². The van der Waals surface area contributed by atoms with Crippen molar-refractivity contribution in [3.63, 3.8) is 0 Å². The van der Waals surface area contributed by atoms with Crippen LogP contribution in [0, 0.1) is 5.92 Å². The highest BCUT2D eigenvalue weighted by molar-refractivity contribution is 9.10. The number of rotatable bonds is 9. The van der Waals surface area contributed by atoms with Gasteiger partial charge in [0.1, 0.15) is 0 Å². The number of carbonyl (C=O) groups excluding carboxylic acids is 2. The second kappa shape index (κ2) is 12.4. The van der Waals surface area contributed by atoms with Crippen LogP contribution in [0.5, 0.6) is 0 Å². The number of nitrogens with zero attached hydrogens (tertiary/aromatic N) is 3. The smallest absolute Gasteiger partial charge is 0.317 e. The van der Waals surface area contributed by atoms with Crippen LogP contribution < -0.4 is 10.6 Å². The molecule has 3 amide bonds. The molecule has 1 aliphatic rings. The van der Waals surface area contributed by atoms with Crippen molar-refractivity contribution < 1.29 is 9.59 Å². The van der Waals surface area contributed by atoms with Crippen LogP contribution in [0.1, 0.15) is 41.8 Å². The van der Waals surface area contributed by atoms with Crippen LogP contribution in [0.25, 0.3) is 16.9 Å². The van der Waals surface area contributed by atoms with E-state index in [1.165, 1.54) is 0 Å². The quantitative estimate of drug-likeness (QED) is 0.228. The van der Waals surface area contributed by atoms with Gasteiger partial charge in [-0.3, -0.25) is 4.79 Å². The van der Waals surface area contributed by atoms with E-state index in [0.717, 1.165) is 45.3 Å². The summed E-state index contributed by atoms with van der Waals surface area (Å²) in [5, 5.41) is 6.67. The number of imidazole rings is 1. The van der Waals surface area contributed by atoms with Crippen LogP contribution in [0.2, 0.25) is 5.02 Å². The van der Waals surface area contributed by atoms with Crippen LogP contribution in [0.15, 0.2) is 71.5 Å². The third kappa shape index (κ3) is 6.67. The zero-order chi connectivity index (χ0) is 28.2. The van der Waals surface area contributed by atoms with Crippen molar-refractivity contribution in [2.45, 2.75) is 39.2 Å². The van der Waals surface area contributed by atoms with Crippen molar-refractivity contribution in [1.29, 1.82) is 0 Å². The van der Waals surface area contributed by atoms with E-state index >= 15 is 0 Å². The van der Waals surface area contributed by atoms with E-state index in [-0.39, 0.29) is 18.0 Å². The SMILES string of the molecule is CC(C)Cc1ccc(C(=O)N[C@@H](Cc2ccc(-c3cn4cccc(Br)c4n3)cc2)CN2CCCNC2=O)cc1Cl. The molecule has 4 aromatic rings. The predicted octanol–water partition coefficient (Wildman–Crippen LogP) is 6.37. The first-order valence-electron chi connectivity index (χ1n) is 13.6. The number of fused-ring (bicyclic) bond motifs is 1. The van der Waals surface area contributed by atoms with E-state index in [1.807, 2.05) is 53.2 Å². The van der Waals surface area contributed by atoms with Gasteiger partial charge in [-0.1, -0.05) is 55.8 Å². The molecule has 40 heavy (non-hydrogen) atoms. The third-order valence-electron chi connectivity index (χ3n) is 7.05. The van der Waals surface area contributed by atoms with Gasteiger partial charge in [0, 0.05) is 48.2 Å². The first-order chi connectivity index (χ1) is 19.3. The van der Waals surface area contributed by atoms with E-state index < -0.39 is 0 Å². The molecule has 0 saturated carbocycles. The first kappa shape index (κ1) is 28.2. The largest absolute Gasteiger partial charge is 0.347 e. The Kier molecular flexibility index (Phi) is 8.76.